The highest BCUT2D eigenvalue weighted by Crippen LogP contribution is 2.27. The molecule has 1 aliphatic heterocycles. The number of carbonyl (C=O) groups is 1. The van der Waals surface area contributed by atoms with E-state index in [1.54, 1.807) is 6.20 Å². The van der Waals surface area contributed by atoms with Crippen LogP contribution in [0.1, 0.15) is 18.4 Å². The van der Waals surface area contributed by atoms with E-state index in [4.69, 9.17) is 0 Å². The molecule has 2 aromatic rings. The highest BCUT2D eigenvalue weighted by molar-refractivity contribution is 9.10. The second kappa shape index (κ2) is 5.50. The second-order valence-corrected chi connectivity index (χ2v) is 5.93. The van der Waals surface area contributed by atoms with Crippen LogP contribution in [-0.4, -0.2) is 33.5 Å². The van der Waals surface area contributed by atoms with Gasteiger partial charge in [-0.25, -0.2) is 0 Å². The standard InChI is InChI=1S/C15H15BrN2O2/c16-12-4-1-3-11-10(6-7-17-14(11)12)9-18-8-2-5-13(18)15(19)20/h1,3-4,6-7,13H,2,5,8-9H2,(H,19,20)/t13-/m1/s1. The van der Waals surface area contributed by atoms with Gasteiger partial charge in [-0.15, -0.1) is 0 Å². The minimum atomic E-state index is -0.720. The largest absolute Gasteiger partial charge is 0.480 e. The Bertz CT molecular complexity index is 659. The third kappa shape index (κ3) is 2.43. The van der Waals surface area contributed by atoms with Gasteiger partial charge in [0.25, 0.3) is 0 Å². The van der Waals surface area contributed by atoms with Crippen molar-refractivity contribution in [3.05, 3.63) is 40.5 Å². The first-order valence-corrected chi connectivity index (χ1v) is 7.45. The average molecular weight is 335 g/mol. The fraction of sp³-hybridized carbons (Fsp3) is 0.333. The number of rotatable bonds is 3. The first kappa shape index (κ1) is 13.5. The lowest BCUT2D eigenvalue weighted by molar-refractivity contribution is -0.142. The first-order valence-electron chi connectivity index (χ1n) is 6.66. The van der Waals surface area contributed by atoms with E-state index in [0.717, 1.165) is 40.3 Å². The molecule has 1 fully saturated rings. The molecule has 1 aromatic heterocycles. The molecule has 3 rings (SSSR count). The minimum absolute atomic E-state index is 0.356. The summed E-state index contributed by atoms with van der Waals surface area (Å²) in [4.78, 5) is 17.7. The molecule has 2 heterocycles. The van der Waals surface area contributed by atoms with Gasteiger partial charge in [-0.1, -0.05) is 12.1 Å². The Balaban J connectivity index is 1.95. The maximum Gasteiger partial charge on any atom is 0.320 e. The number of fused-ring (bicyclic) bond motifs is 1. The Kier molecular flexibility index (Phi) is 3.72. The molecule has 0 radical (unpaired) electrons. The van der Waals surface area contributed by atoms with Gasteiger partial charge in [0.2, 0.25) is 0 Å². The van der Waals surface area contributed by atoms with Gasteiger partial charge in [0, 0.05) is 22.6 Å². The third-order valence-corrected chi connectivity index (χ3v) is 4.47. The zero-order valence-corrected chi connectivity index (χ0v) is 12.5. The van der Waals surface area contributed by atoms with Crippen LogP contribution in [0.15, 0.2) is 34.9 Å². The van der Waals surface area contributed by atoms with Crippen molar-refractivity contribution >= 4 is 32.8 Å². The van der Waals surface area contributed by atoms with Crippen molar-refractivity contribution < 1.29 is 9.90 Å². The Morgan fingerprint density at radius 3 is 3.10 bits per heavy atom. The van der Waals surface area contributed by atoms with Gasteiger partial charge in [-0.3, -0.25) is 14.7 Å². The quantitative estimate of drug-likeness (QED) is 0.937. The van der Waals surface area contributed by atoms with Gasteiger partial charge >= 0.3 is 5.97 Å². The minimum Gasteiger partial charge on any atom is -0.480 e. The van der Waals surface area contributed by atoms with Crippen LogP contribution in [0.4, 0.5) is 0 Å². The van der Waals surface area contributed by atoms with E-state index >= 15 is 0 Å². The third-order valence-electron chi connectivity index (χ3n) is 3.83. The van der Waals surface area contributed by atoms with E-state index in [-0.39, 0.29) is 6.04 Å². The van der Waals surface area contributed by atoms with E-state index in [1.165, 1.54) is 0 Å². The SMILES string of the molecule is O=C(O)[C@H]1CCCN1Cc1ccnc2c(Br)cccc12. The first-order chi connectivity index (χ1) is 9.66. The fourth-order valence-electron chi connectivity index (χ4n) is 2.85. The number of aliphatic carboxylic acids is 1. The maximum absolute atomic E-state index is 11.3. The van der Waals surface area contributed by atoms with Crippen molar-refractivity contribution in [3.63, 3.8) is 0 Å². The summed E-state index contributed by atoms with van der Waals surface area (Å²) in [6.45, 7) is 1.50. The van der Waals surface area contributed by atoms with Crippen LogP contribution in [-0.2, 0) is 11.3 Å². The smallest absolute Gasteiger partial charge is 0.320 e. The van der Waals surface area contributed by atoms with Gasteiger partial charge in [0.15, 0.2) is 0 Å². The zero-order valence-electron chi connectivity index (χ0n) is 10.9. The maximum atomic E-state index is 11.3. The summed E-state index contributed by atoms with van der Waals surface area (Å²) in [5, 5.41) is 10.3. The number of likely N-dealkylation sites (tertiary alicyclic amines) is 1. The second-order valence-electron chi connectivity index (χ2n) is 5.07. The summed E-state index contributed by atoms with van der Waals surface area (Å²) in [5.74, 6) is -0.720. The highest BCUT2D eigenvalue weighted by Gasteiger charge is 2.30. The normalized spacial score (nSPS) is 19.6. The predicted octanol–water partition coefficient (Wildman–Crippen LogP) is 3.05. The zero-order chi connectivity index (χ0) is 14.1. The van der Waals surface area contributed by atoms with E-state index in [2.05, 4.69) is 20.9 Å². The van der Waals surface area contributed by atoms with Crippen LogP contribution in [0, 0.1) is 0 Å². The van der Waals surface area contributed by atoms with E-state index in [9.17, 15) is 9.90 Å². The molecule has 1 aliphatic rings. The molecule has 1 aromatic carbocycles. The fourth-order valence-corrected chi connectivity index (χ4v) is 3.32. The summed E-state index contributed by atoms with van der Waals surface area (Å²) < 4.78 is 0.966. The Hall–Kier alpha value is -1.46. The van der Waals surface area contributed by atoms with Crippen LogP contribution in [0.3, 0.4) is 0 Å². The lowest BCUT2D eigenvalue weighted by Gasteiger charge is -2.21. The summed E-state index contributed by atoms with van der Waals surface area (Å²) in [7, 11) is 0. The molecule has 0 spiro atoms. The van der Waals surface area contributed by atoms with Gasteiger partial charge < -0.3 is 5.11 Å². The van der Waals surface area contributed by atoms with Crippen LogP contribution in [0.2, 0.25) is 0 Å². The van der Waals surface area contributed by atoms with Crippen LogP contribution >= 0.6 is 15.9 Å². The monoisotopic (exact) mass is 334 g/mol. The van der Waals surface area contributed by atoms with Crippen molar-refractivity contribution in [1.82, 2.24) is 9.88 Å². The Labute approximate surface area is 125 Å². The van der Waals surface area contributed by atoms with Crippen molar-refractivity contribution in [3.8, 4) is 0 Å². The van der Waals surface area contributed by atoms with Gasteiger partial charge in [-0.05, 0) is 53.0 Å². The number of carboxylic acid groups (broad SMARTS) is 1. The number of halogens is 1. The molecule has 4 nitrogen and oxygen atoms in total. The number of benzene rings is 1. The number of nitrogens with zero attached hydrogens (tertiary/aromatic N) is 2. The Morgan fingerprint density at radius 2 is 2.30 bits per heavy atom. The van der Waals surface area contributed by atoms with Crippen molar-refractivity contribution in [2.75, 3.05) is 6.54 Å². The number of pyridine rings is 1. The van der Waals surface area contributed by atoms with Crippen molar-refractivity contribution in [2.24, 2.45) is 0 Å². The summed E-state index contributed by atoms with van der Waals surface area (Å²) in [6, 6.07) is 7.61. The number of hydrogen-bond donors (Lipinski definition) is 1. The van der Waals surface area contributed by atoms with Crippen LogP contribution < -0.4 is 0 Å². The van der Waals surface area contributed by atoms with E-state index in [1.807, 2.05) is 29.2 Å². The molecule has 5 heteroatoms. The molecule has 0 amide bonds. The lowest BCUT2D eigenvalue weighted by atomic mass is 10.1. The summed E-state index contributed by atoms with van der Waals surface area (Å²) in [5.41, 5.74) is 2.06. The van der Waals surface area contributed by atoms with Crippen LogP contribution in [0.5, 0.6) is 0 Å². The number of para-hydroxylation sites is 1. The molecule has 104 valence electrons. The van der Waals surface area contributed by atoms with Gasteiger partial charge in [0.05, 0.1) is 5.52 Å². The summed E-state index contributed by atoms with van der Waals surface area (Å²) >= 11 is 3.51. The molecule has 0 unspecified atom stereocenters. The van der Waals surface area contributed by atoms with E-state index in [0.29, 0.717) is 6.54 Å². The van der Waals surface area contributed by atoms with Gasteiger partial charge in [0.1, 0.15) is 6.04 Å². The summed E-state index contributed by atoms with van der Waals surface area (Å²) in [6.07, 6.45) is 3.47. The Morgan fingerprint density at radius 1 is 1.45 bits per heavy atom. The predicted molar refractivity (Wildman–Crippen MR) is 80.5 cm³/mol. The van der Waals surface area contributed by atoms with Crippen molar-refractivity contribution in [2.45, 2.75) is 25.4 Å². The average Bonchev–Trinajstić information content (AvgIpc) is 2.88. The highest BCUT2D eigenvalue weighted by atomic mass is 79.9. The molecule has 1 atom stereocenters. The molecule has 20 heavy (non-hydrogen) atoms. The number of carboxylic acids is 1. The molecule has 0 aliphatic carbocycles. The van der Waals surface area contributed by atoms with Crippen molar-refractivity contribution in [1.29, 1.82) is 0 Å². The van der Waals surface area contributed by atoms with Gasteiger partial charge in [-0.2, -0.15) is 0 Å². The molecular weight excluding hydrogens is 320 g/mol. The lowest BCUT2D eigenvalue weighted by Crippen LogP contribution is -2.35. The number of aromatic nitrogens is 1. The molecule has 0 bridgehead atoms. The molecule has 0 saturated carbocycles. The molecular formula is C15H15BrN2O2. The molecule has 1 N–H and O–H groups in total. The van der Waals surface area contributed by atoms with E-state index < -0.39 is 5.97 Å². The molecule has 1 saturated heterocycles. The number of hydrogen-bond acceptors (Lipinski definition) is 3. The topological polar surface area (TPSA) is 53.4 Å². The van der Waals surface area contributed by atoms with Crippen LogP contribution in [0.25, 0.3) is 10.9 Å².